The van der Waals surface area contributed by atoms with Crippen LogP contribution in [-0.4, -0.2) is 18.7 Å². The van der Waals surface area contributed by atoms with Gasteiger partial charge in [0, 0.05) is 11.1 Å². The van der Waals surface area contributed by atoms with Gasteiger partial charge in [0.25, 0.3) is 0 Å². The van der Waals surface area contributed by atoms with Crippen molar-refractivity contribution in [3.05, 3.63) is 47.5 Å². The quantitative estimate of drug-likeness (QED) is 0.647. The Hall–Kier alpha value is -1.95. The van der Waals surface area contributed by atoms with Crippen molar-refractivity contribution in [3.63, 3.8) is 0 Å². The second-order valence-electron chi connectivity index (χ2n) is 3.92. The van der Waals surface area contributed by atoms with E-state index in [9.17, 15) is 18.0 Å². The van der Waals surface area contributed by atoms with E-state index in [0.29, 0.717) is 0 Å². The normalized spacial score (nSPS) is 12.0. The summed E-state index contributed by atoms with van der Waals surface area (Å²) in [4.78, 5) is 11.6. The first-order chi connectivity index (χ1) is 9.81. The van der Waals surface area contributed by atoms with E-state index in [2.05, 4.69) is 10.1 Å². The molecule has 0 aliphatic rings. The highest BCUT2D eigenvalue weighted by atomic mass is 35.5. The van der Waals surface area contributed by atoms with Crippen molar-refractivity contribution in [1.29, 1.82) is 0 Å². The van der Waals surface area contributed by atoms with Gasteiger partial charge in [-0.1, -0.05) is 29.8 Å². The number of halogens is 4. The SMILES string of the molecule is C/C=C/C=C/C(=O)Nc1cc(Cl)ccc1OCC(F)(F)F. The van der Waals surface area contributed by atoms with Gasteiger partial charge in [-0.25, -0.2) is 0 Å². The molecule has 0 saturated carbocycles. The number of anilines is 1. The molecule has 0 aliphatic heterocycles. The molecule has 0 unspecified atom stereocenters. The molecule has 1 amide bonds. The van der Waals surface area contributed by atoms with E-state index in [-0.39, 0.29) is 16.5 Å². The lowest BCUT2D eigenvalue weighted by Gasteiger charge is -2.13. The van der Waals surface area contributed by atoms with Crippen LogP contribution in [0.4, 0.5) is 18.9 Å². The summed E-state index contributed by atoms with van der Waals surface area (Å²) in [5, 5.41) is 2.68. The number of rotatable bonds is 5. The van der Waals surface area contributed by atoms with Crippen LogP contribution in [-0.2, 0) is 4.79 Å². The van der Waals surface area contributed by atoms with E-state index in [0.717, 1.165) is 0 Å². The van der Waals surface area contributed by atoms with Gasteiger partial charge >= 0.3 is 6.18 Å². The van der Waals surface area contributed by atoms with Crippen LogP contribution in [0.2, 0.25) is 5.02 Å². The van der Waals surface area contributed by atoms with Gasteiger partial charge in [-0.2, -0.15) is 13.2 Å². The van der Waals surface area contributed by atoms with Crippen LogP contribution in [0, 0.1) is 0 Å². The number of carbonyl (C=O) groups is 1. The molecule has 1 rings (SSSR count). The summed E-state index contributed by atoms with van der Waals surface area (Å²) < 4.78 is 41.1. The third kappa shape index (κ3) is 6.85. The fourth-order valence-corrected chi connectivity index (χ4v) is 1.49. The van der Waals surface area contributed by atoms with Crippen LogP contribution in [0.15, 0.2) is 42.5 Å². The van der Waals surface area contributed by atoms with E-state index in [1.54, 1.807) is 19.1 Å². The summed E-state index contributed by atoms with van der Waals surface area (Å²) in [5.41, 5.74) is 0.0712. The van der Waals surface area contributed by atoms with Crippen molar-refractivity contribution in [2.75, 3.05) is 11.9 Å². The molecule has 0 bridgehead atoms. The smallest absolute Gasteiger partial charge is 0.422 e. The Morgan fingerprint density at radius 1 is 1.38 bits per heavy atom. The zero-order chi connectivity index (χ0) is 15.9. The van der Waals surface area contributed by atoms with Crippen molar-refractivity contribution >= 4 is 23.2 Å². The largest absolute Gasteiger partial charge is 0.482 e. The van der Waals surface area contributed by atoms with Gasteiger partial charge in [0.15, 0.2) is 6.61 Å². The summed E-state index contributed by atoms with van der Waals surface area (Å²) in [5.74, 6) is -0.614. The van der Waals surface area contributed by atoms with E-state index in [4.69, 9.17) is 11.6 Å². The molecule has 0 heterocycles. The van der Waals surface area contributed by atoms with Gasteiger partial charge in [0.1, 0.15) is 5.75 Å². The Kier molecular flexibility index (Phi) is 6.30. The van der Waals surface area contributed by atoms with Gasteiger partial charge in [-0.15, -0.1) is 0 Å². The van der Waals surface area contributed by atoms with E-state index >= 15 is 0 Å². The molecule has 0 spiro atoms. The van der Waals surface area contributed by atoms with E-state index < -0.39 is 18.7 Å². The summed E-state index contributed by atoms with van der Waals surface area (Å²) in [7, 11) is 0. The highest BCUT2D eigenvalue weighted by Crippen LogP contribution is 2.29. The molecule has 7 heteroatoms. The van der Waals surface area contributed by atoms with Crippen LogP contribution >= 0.6 is 11.6 Å². The summed E-state index contributed by atoms with van der Waals surface area (Å²) >= 11 is 5.76. The standard InChI is InChI=1S/C14H13ClF3NO2/c1-2-3-4-5-13(20)19-11-8-10(15)6-7-12(11)21-9-14(16,17)18/h2-8H,9H2,1H3,(H,19,20)/b3-2+,5-4+. The maximum atomic E-state index is 12.2. The van der Waals surface area contributed by atoms with Crippen LogP contribution in [0.3, 0.4) is 0 Å². The minimum Gasteiger partial charge on any atom is -0.482 e. The van der Waals surface area contributed by atoms with Crippen LogP contribution in [0.25, 0.3) is 0 Å². The van der Waals surface area contributed by atoms with Crippen molar-refractivity contribution < 1.29 is 22.7 Å². The Bertz CT molecular complexity index is 554. The minimum absolute atomic E-state index is 0.0712. The molecule has 1 N–H and O–H groups in total. The fourth-order valence-electron chi connectivity index (χ4n) is 1.31. The van der Waals surface area contributed by atoms with Crippen LogP contribution in [0.5, 0.6) is 5.75 Å². The number of hydrogen-bond acceptors (Lipinski definition) is 2. The zero-order valence-corrected chi connectivity index (χ0v) is 11.8. The Morgan fingerprint density at radius 3 is 2.71 bits per heavy atom. The summed E-state index contributed by atoms with van der Waals surface area (Å²) in [6.45, 7) is 0.328. The molecule has 1 aromatic carbocycles. The van der Waals surface area contributed by atoms with E-state index in [1.165, 1.54) is 30.4 Å². The molecule has 1 aromatic rings. The Morgan fingerprint density at radius 2 is 2.10 bits per heavy atom. The molecule has 21 heavy (non-hydrogen) atoms. The van der Waals surface area contributed by atoms with Crippen molar-refractivity contribution in [3.8, 4) is 5.75 Å². The lowest BCUT2D eigenvalue weighted by atomic mass is 10.3. The molecule has 0 atom stereocenters. The van der Waals surface area contributed by atoms with Crippen LogP contribution in [0.1, 0.15) is 6.92 Å². The van der Waals surface area contributed by atoms with E-state index in [1.807, 2.05) is 0 Å². The molecular weight excluding hydrogens is 307 g/mol. The number of hydrogen-bond donors (Lipinski definition) is 1. The van der Waals surface area contributed by atoms with Crippen molar-refractivity contribution in [1.82, 2.24) is 0 Å². The number of alkyl halides is 3. The maximum Gasteiger partial charge on any atom is 0.422 e. The molecule has 0 aromatic heterocycles. The van der Waals surface area contributed by atoms with Gasteiger partial charge in [0.2, 0.25) is 5.91 Å². The number of benzene rings is 1. The lowest BCUT2D eigenvalue weighted by Crippen LogP contribution is -2.20. The predicted octanol–water partition coefficient (Wildman–Crippen LogP) is 4.35. The fraction of sp³-hybridized carbons (Fsp3) is 0.214. The first kappa shape index (κ1) is 17.1. The second kappa shape index (κ2) is 7.73. The first-order valence-electron chi connectivity index (χ1n) is 5.91. The highest BCUT2D eigenvalue weighted by molar-refractivity contribution is 6.31. The van der Waals surface area contributed by atoms with Gasteiger partial charge in [-0.05, 0) is 25.1 Å². The topological polar surface area (TPSA) is 38.3 Å². The molecule has 0 radical (unpaired) electrons. The number of amides is 1. The average Bonchev–Trinajstić information content (AvgIpc) is 2.37. The third-order valence-corrected chi connectivity index (χ3v) is 2.38. The summed E-state index contributed by atoms with van der Waals surface area (Å²) in [6.07, 6.45) is 1.62. The molecule has 3 nitrogen and oxygen atoms in total. The summed E-state index contributed by atoms with van der Waals surface area (Å²) in [6, 6.07) is 3.95. The van der Waals surface area contributed by atoms with Gasteiger partial charge in [0.05, 0.1) is 5.69 Å². The molecular formula is C14H13ClF3NO2. The zero-order valence-electron chi connectivity index (χ0n) is 11.1. The minimum atomic E-state index is -4.47. The number of nitrogens with one attached hydrogen (secondary N) is 1. The van der Waals surface area contributed by atoms with Gasteiger partial charge in [-0.3, -0.25) is 4.79 Å². The third-order valence-electron chi connectivity index (χ3n) is 2.14. The highest BCUT2D eigenvalue weighted by Gasteiger charge is 2.28. The molecule has 114 valence electrons. The predicted molar refractivity (Wildman–Crippen MR) is 75.6 cm³/mol. The Balaban J connectivity index is 2.84. The average molecular weight is 320 g/mol. The first-order valence-corrected chi connectivity index (χ1v) is 6.29. The van der Waals surface area contributed by atoms with Gasteiger partial charge < -0.3 is 10.1 Å². The monoisotopic (exact) mass is 319 g/mol. The number of ether oxygens (including phenoxy) is 1. The molecule has 0 aliphatic carbocycles. The number of allylic oxidation sites excluding steroid dienone is 3. The Labute approximate surface area is 125 Å². The van der Waals surface area contributed by atoms with Crippen LogP contribution < -0.4 is 10.1 Å². The lowest BCUT2D eigenvalue weighted by molar-refractivity contribution is -0.153. The number of carbonyl (C=O) groups excluding carboxylic acids is 1. The second-order valence-corrected chi connectivity index (χ2v) is 4.35. The molecule has 0 fully saturated rings. The van der Waals surface area contributed by atoms with Crippen molar-refractivity contribution in [2.45, 2.75) is 13.1 Å². The molecule has 0 saturated heterocycles. The maximum absolute atomic E-state index is 12.2. The van der Waals surface area contributed by atoms with Crippen molar-refractivity contribution in [2.24, 2.45) is 0 Å².